The Morgan fingerprint density at radius 3 is 2.62 bits per heavy atom. The lowest BCUT2D eigenvalue weighted by molar-refractivity contribution is 0.0982. The van der Waals surface area contributed by atoms with Gasteiger partial charge in [-0.2, -0.15) is 0 Å². The highest BCUT2D eigenvalue weighted by molar-refractivity contribution is 4.80. The van der Waals surface area contributed by atoms with Gasteiger partial charge < -0.3 is 14.8 Å². The molecule has 3 unspecified atom stereocenters. The average molecular weight is 229 g/mol. The predicted molar refractivity (Wildman–Crippen MR) is 66.6 cm³/mol. The molecule has 1 aliphatic heterocycles. The van der Waals surface area contributed by atoms with Crippen molar-refractivity contribution in [2.24, 2.45) is 11.8 Å². The molecule has 1 N–H and O–H groups in total. The Balaban J connectivity index is 2.34. The van der Waals surface area contributed by atoms with Crippen LogP contribution in [0.4, 0.5) is 0 Å². The van der Waals surface area contributed by atoms with Crippen LogP contribution < -0.4 is 5.32 Å². The minimum absolute atomic E-state index is 0.454. The molecule has 0 aromatic carbocycles. The molecule has 0 aromatic rings. The monoisotopic (exact) mass is 229 g/mol. The van der Waals surface area contributed by atoms with Crippen LogP contribution in [0.25, 0.3) is 0 Å². The van der Waals surface area contributed by atoms with Crippen molar-refractivity contribution in [1.82, 2.24) is 5.32 Å². The summed E-state index contributed by atoms with van der Waals surface area (Å²) in [5, 5.41) is 3.69. The fourth-order valence-corrected chi connectivity index (χ4v) is 2.10. The zero-order chi connectivity index (χ0) is 12.0. The minimum Gasteiger partial charge on any atom is -0.381 e. The third-order valence-electron chi connectivity index (χ3n) is 3.46. The van der Waals surface area contributed by atoms with Gasteiger partial charge in [0.2, 0.25) is 0 Å². The van der Waals surface area contributed by atoms with E-state index in [4.69, 9.17) is 9.47 Å². The fourth-order valence-electron chi connectivity index (χ4n) is 2.10. The van der Waals surface area contributed by atoms with Gasteiger partial charge in [-0.25, -0.2) is 0 Å². The molecule has 0 saturated carbocycles. The van der Waals surface area contributed by atoms with Crippen molar-refractivity contribution >= 4 is 0 Å². The van der Waals surface area contributed by atoms with Crippen LogP contribution in [0, 0.1) is 11.8 Å². The summed E-state index contributed by atoms with van der Waals surface area (Å²) < 4.78 is 11.0. The van der Waals surface area contributed by atoms with Crippen molar-refractivity contribution < 1.29 is 9.47 Å². The second kappa shape index (κ2) is 7.25. The van der Waals surface area contributed by atoms with Gasteiger partial charge in [-0.05, 0) is 32.1 Å². The summed E-state index contributed by atoms with van der Waals surface area (Å²) in [5.74, 6) is 1.28. The second-order valence-corrected chi connectivity index (χ2v) is 5.09. The molecule has 0 aromatic heterocycles. The highest BCUT2D eigenvalue weighted by Gasteiger charge is 2.25. The molecule has 0 aliphatic carbocycles. The van der Waals surface area contributed by atoms with Gasteiger partial charge in [0.1, 0.15) is 0 Å². The van der Waals surface area contributed by atoms with E-state index in [0.717, 1.165) is 26.4 Å². The molecule has 0 spiro atoms. The largest absolute Gasteiger partial charge is 0.381 e. The Labute approximate surface area is 99.9 Å². The van der Waals surface area contributed by atoms with Crippen molar-refractivity contribution in [3.8, 4) is 0 Å². The first-order valence-corrected chi connectivity index (χ1v) is 6.56. The molecule has 3 nitrogen and oxygen atoms in total. The summed E-state index contributed by atoms with van der Waals surface area (Å²) in [5.41, 5.74) is 0. The number of hydrogen-bond donors (Lipinski definition) is 1. The molecule has 1 heterocycles. The first-order valence-electron chi connectivity index (χ1n) is 6.56. The average Bonchev–Trinajstić information content (AvgIpc) is 2.76. The standard InChI is InChI=1S/C13H27NO2/c1-5-15-9-13(10(2)3)14-11(4)12-6-7-16-8-12/h10-14H,5-9H2,1-4H3. The Bertz CT molecular complexity index is 179. The zero-order valence-corrected chi connectivity index (χ0v) is 11.2. The number of ether oxygens (including phenoxy) is 2. The van der Waals surface area contributed by atoms with Crippen LogP contribution >= 0.6 is 0 Å². The van der Waals surface area contributed by atoms with Gasteiger partial charge in [0.05, 0.1) is 13.2 Å². The van der Waals surface area contributed by atoms with Crippen LogP contribution in [0.15, 0.2) is 0 Å². The lowest BCUT2D eigenvalue weighted by Gasteiger charge is -2.28. The number of rotatable bonds is 7. The van der Waals surface area contributed by atoms with Gasteiger partial charge >= 0.3 is 0 Å². The smallest absolute Gasteiger partial charge is 0.0622 e. The maximum atomic E-state index is 5.53. The van der Waals surface area contributed by atoms with Gasteiger partial charge in [0.15, 0.2) is 0 Å². The van der Waals surface area contributed by atoms with E-state index in [1.807, 2.05) is 6.92 Å². The summed E-state index contributed by atoms with van der Waals surface area (Å²) in [4.78, 5) is 0. The van der Waals surface area contributed by atoms with Crippen molar-refractivity contribution in [1.29, 1.82) is 0 Å². The van der Waals surface area contributed by atoms with Crippen LogP contribution in [0.3, 0.4) is 0 Å². The molecular formula is C13H27NO2. The Morgan fingerprint density at radius 2 is 2.12 bits per heavy atom. The van der Waals surface area contributed by atoms with Crippen LogP contribution in [0.2, 0.25) is 0 Å². The molecule has 0 amide bonds. The van der Waals surface area contributed by atoms with Crippen LogP contribution in [-0.2, 0) is 9.47 Å². The number of nitrogens with one attached hydrogen (secondary N) is 1. The van der Waals surface area contributed by atoms with Crippen molar-refractivity contribution in [2.45, 2.75) is 46.2 Å². The van der Waals surface area contributed by atoms with Crippen LogP contribution in [0.5, 0.6) is 0 Å². The molecule has 16 heavy (non-hydrogen) atoms. The molecule has 3 heteroatoms. The van der Waals surface area contributed by atoms with Gasteiger partial charge in [0, 0.05) is 25.3 Å². The molecule has 0 radical (unpaired) electrons. The highest BCUT2D eigenvalue weighted by Crippen LogP contribution is 2.17. The maximum Gasteiger partial charge on any atom is 0.0622 e. The lowest BCUT2D eigenvalue weighted by Crippen LogP contribution is -2.46. The van der Waals surface area contributed by atoms with Crippen LogP contribution in [-0.4, -0.2) is 38.5 Å². The minimum atomic E-state index is 0.454. The van der Waals surface area contributed by atoms with E-state index in [1.54, 1.807) is 0 Å². The van der Waals surface area contributed by atoms with Crippen molar-refractivity contribution in [3.05, 3.63) is 0 Å². The van der Waals surface area contributed by atoms with E-state index in [-0.39, 0.29) is 0 Å². The summed E-state index contributed by atoms with van der Waals surface area (Å²) >= 11 is 0. The quantitative estimate of drug-likeness (QED) is 0.725. The van der Waals surface area contributed by atoms with E-state index >= 15 is 0 Å². The normalized spacial score (nSPS) is 24.9. The van der Waals surface area contributed by atoms with E-state index in [2.05, 4.69) is 26.1 Å². The summed E-state index contributed by atoms with van der Waals surface area (Å²) in [6.45, 7) is 12.2. The topological polar surface area (TPSA) is 30.5 Å². The molecule has 3 atom stereocenters. The molecule has 0 bridgehead atoms. The first-order chi connectivity index (χ1) is 7.65. The molecule has 1 fully saturated rings. The maximum absolute atomic E-state index is 5.53. The summed E-state index contributed by atoms with van der Waals surface area (Å²) in [7, 11) is 0. The van der Waals surface area contributed by atoms with Crippen molar-refractivity contribution in [3.63, 3.8) is 0 Å². The van der Waals surface area contributed by atoms with Gasteiger partial charge in [-0.1, -0.05) is 13.8 Å². The fraction of sp³-hybridized carbons (Fsp3) is 1.00. The SMILES string of the molecule is CCOCC(NC(C)C1CCOC1)C(C)C. The molecule has 96 valence electrons. The second-order valence-electron chi connectivity index (χ2n) is 5.09. The van der Waals surface area contributed by atoms with E-state index < -0.39 is 0 Å². The highest BCUT2D eigenvalue weighted by atomic mass is 16.5. The molecule has 1 saturated heterocycles. The van der Waals surface area contributed by atoms with Gasteiger partial charge in [-0.3, -0.25) is 0 Å². The van der Waals surface area contributed by atoms with E-state index in [1.165, 1.54) is 6.42 Å². The lowest BCUT2D eigenvalue weighted by atomic mass is 9.97. The van der Waals surface area contributed by atoms with Crippen LogP contribution in [0.1, 0.15) is 34.1 Å². The first kappa shape index (κ1) is 13.9. The predicted octanol–water partition coefficient (Wildman–Crippen LogP) is 2.06. The zero-order valence-electron chi connectivity index (χ0n) is 11.2. The van der Waals surface area contributed by atoms with Gasteiger partial charge in [-0.15, -0.1) is 0 Å². The van der Waals surface area contributed by atoms with Crippen molar-refractivity contribution in [2.75, 3.05) is 26.4 Å². The van der Waals surface area contributed by atoms with E-state index in [9.17, 15) is 0 Å². The van der Waals surface area contributed by atoms with E-state index in [0.29, 0.717) is 23.9 Å². The Kier molecular flexibility index (Phi) is 6.32. The third-order valence-corrected chi connectivity index (χ3v) is 3.46. The molecular weight excluding hydrogens is 202 g/mol. The molecule has 1 aliphatic rings. The summed E-state index contributed by atoms with van der Waals surface area (Å²) in [6, 6.07) is 0.978. The Morgan fingerprint density at radius 1 is 1.38 bits per heavy atom. The van der Waals surface area contributed by atoms with Gasteiger partial charge in [0.25, 0.3) is 0 Å². The third kappa shape index (κ3) is 4.40. The number of hydrogen-bond acceptors (Lipinski definition) is 3. The Hall–Kier alpha value is -0.120. The summed E-state index contributed by atoms with van der Waals surface area (Å²) in [6.07, 6.45) is 1.19. The molecule has 1 rings (SSSR count).